The maximum absolute atomic E-state index is 12.4. The predicted octanol–water partition coefficient (Wildman–Crippen LogP) is 3.87. The molecule has 0 atom stereocenters. The molecule has 1 aromatic heterocycles. The van der Waals surface area contributed by atoms with Gasteiger partial charge in [-0.2, -0.15) is 5.10 Å². The first-order valence-electron chi connectivity index (χ1n) is 8.38. The number of fused-ring (bicyclic) bond motifs is 1. The first-order chi connectivity index (χ1) is 11.3. The number of ketones is 1. The Morgan fingerprint density at radius 1 is 1.38 bits per heavy atom. The second kappa shape index (κ2) is 6.37. The quantitative estimate of drug-likeness (QED) is 0.676. The molecule has 3 rings (SSSR count). The number of aromatic nitrogens is 2. The summed E-state index contributed by atoms with van der Waals surface area (Å²) in [5, 5.41) is 4.83. The molecule has 0 aliphatic heterocycles. The van der Waals surface area contributed by atoms with Crippen molar-refractivity contribution >= 4 is 18.6 Å². The Bertz CT molecular complexity index is 777. The van der Waals surface area contributed by atoms with Gasteiger partial charge in [-0.05, 0) is 43.4 Å². The highest BCUT2D eigenvalue weighted by Gasteiger charge is 2.32. The summed E-state index contributed by atoms with van der Waals surface area (Å²) in [5.41, 5.74) is 5.25. The van der Waals surface area contributed by atoms with E-state index in [-0.39, 0.29) is 11.2 Å². The number of thiol groups is 1. The molecule has 24 heavy (non-hydrogen) atoms. The van der Waals surface area contributed by atoms with Crippen LogP contribution in [-0.4, -0.2) is 26.9 Å². The summed E-state index contributed by atoms with van der Waals surface area (Å²) < 4.78 is 3.69. The summed E-state index contributed by atoms with van der Waals surface area (Å²) in [5.74, 6) is 0.0791. The average molecular weight is 343 g/mol. The molecule has 0 saturated carbocycles. The Balaban J connectivity index is 2.17. The summed E-state index contributed by atoms with van der Waals surface area (Å²) in [4.78, 5) is 12.4. The minimum Gasteiger partial charge on any atom is -0.293 e. The van der Waals surface area contributed by atoms with Crippen molar-refractivity contribution in [1.29, 1.82) is 0 Å². The summed E-state index contributed by atoms with van der Waals surface area (Å²) >= 11 is 4.37. The van der Waals surface area contributed by atoms with Gasteiger partial charge in [0, 0.05) is 19.0 Å². The third-order valence-corrected chi connectivity index (χ3v) is 4.85. The van der Waals surface area contributed by atoms with Crippen LogP contribution in [0.25, 0.3) is 5.69 Å². The summed E-state index contributed by atoms with van der Waals surface area (Å²) in [6.07, 6.45) is 2.95. The van der Waals surface area contributed by atoms with E-state index in [0.717, 1.165) is 47.5 Å². The minimum absolute atomic E-state index is 0.0791. The Morgan fingerprint density at radius 3 is 2.75 bits per heavy atom. The van der Waals surface area contributed by atoms with Crippen LogP contribution in [0.4, 0.5) is 0 Å². The summed E-state index contributed by atoms with van der Waals surface area (Å²) in [6.45, 7) is 6.86. The molecule has 0 unspecified atom stereocenters. The van der Waals surface area contributed by atoms with Crippen molar-refractivity contribution in [3.63, 3.8) is 0 Å². The molecule has 0 fully saturated rings. The standard InChI is InChI=1S/C19H25N3OS/c1-13(23)18-15-11-19(2,3)10-9-16(15)20-22(18)17-8-6-5-7-14(17)12-21(4)24/h5-8,24H,9-12H2,1-4H3. The highest BCUT2D eigenvalue weighted by Crippen LogP contribution is 2.37. The molecule has 128 valence electrons. The van der Waals surface area contributed by atoms with E-state index in [1.54, 1.807) is 6.92 Å². The maximum atomic E-state index is 12.4. The SMILES string of the molecule is CC(=O)c1c2c(nn1-c1ccccc1CN(C)S)CCC(C)(C)C2. The number of Topliss-reactive ketones (excluding diaryl/α,β-unsaturated/α-hetero) is 1. The molecular formula is C19H25N3OS. The molecule has 0 radical (unpaired) electrons. The van der Waals surface area contributed by atoms with Gasteiger partial charge in [0.05, 0.1) is 11.4 Å². The zero-order valence-corrected chi connectivity index (χ0v) is 15.7. The smallest absolute Gasteiger partial charge is 0.178 e. The van der Waals surface area contributed by atoms with Crippen LogP contribution in [0.5, 0.6) is 0 Å². The van der Waals surface area contributed by atoms with E-state index >= 15 is 0 Å². The molecule has 0 bridgehead atoms. The number of aryl methyl sites for hydroxylation is 1. The van der Waals surface area contributed by atoms with Crippen molar-refractivity contribution in [3.8, 4) is 5.69 Å². The van der Waals surface area contributed by atoms with Crippen LogP contribution in [0.3, 0.4) is 0 Å². The van der Waals surface area contributed by atoms with Gasteiger partial charge in [-0.25, -0.2) is 4.68 Å². The fourth-order valence-electron chi connectivity index (χ4n) is 3.54. The molecule has 1 aromatic carbocycles. The van der Waals surface area contributed by atoms with E-state index in [2.05, 4.69) is 32.7 Å². The van der Waals surface area contributed by atoms with E-state index in [9.17, 15) is 4.79 Å². The number of para-hydroxylation sites is 1. The normalized spacial score (nSPS) is 16.2. The van der Waals surface area contributed by atoms with Gasteiger partial charge >= 0.3 is 0 Å². The average Bonchev–Trinajstić information content (AvgIpc) is 2.84. The van der Waals surface area contributed by atoms with Crippen molar-refractivity contribution in [2.75, 3.05) is 7.05 Å². The third kappa shape index (κ3) is 3.28. The van der Waals surface area contributed by atoms with Crippen LogP contribution < -0.4 is 0 Å². The third-order valence-electron chi connectivity index (χ3n) is 4.71. The van der Waals surface area contributed by atoms with E-state index in [1.165, 1.54) is 0 Å². The van der Waals surface area contributed by atoms with Gasteiger partial charge in [-0.1, -0.05) is 44.9 Å². The van der Waals surface area contributed by atoms with Gasteiger partial charge in [0.15, 0.2) is 5.78 Å². The molecule has 4 nitrogen and oxygen atoms in total. The Kier molecular flexibility index (Phi) is 4.58. The number of benzene rings is 1. The summed E-state index contributed by atoms with van der Waals surface area (Å²) in [7, 11) is 1.92. The molecule has 5 heteroatoms. The van der Waals surface area contributed by atoms with Crippen LogP contribution in [0.2, 0.25) is 0 Å². The Labute approximate surface area is 149 Å². The topological polar surface area (TPSA) is 38.1 Å². The molecule has 1 aliphatic rings. The fourth-order valence-corrected chi connectivity index (χ4v) is 3.69. The van der Waals surface area contributed by atoms with Crippen LogP contribution in [0.15, 0.2) is 24.3 Å². The van der Waals surface area contributed by atoms with Crippen molar-refractivity contribution in [1.82, 2.24) is 14.1 Å². The second-order valence-electron chi connectivity index (χ2n) is 7.53. The lowest BCUT2D eigenvalue weighted by molar-refractivity contribution is 0.100. The van der Waals surface area contributed by atoms with Crippen molar-refractivity contribution in [2.24, 2.45) is 5.41 Å². The van der Waals surface area contributed by atoms with Gasteiger partial charge in [-0.15, -0.1) is 0 Å². The minimum atomic E-state index is 0.0791. The van der Waals surface area contributed by atoms with Crippen molar-refractivity contribution in [3.05, 3.63) is 46.8 Å². The molecular weight excluding hydrogens is 318 g/mol. The first kappa shape index (κ1) is 17.2. The number of carbonyl (C=O) groups is 1. The molecule has 0 spiro atoms. The first-order valence-corrected chi connectivity index (χ1v) is 8.78. The Morgan fingerprint density at radius 2 is 2.08 bits per heavy atom. The number of rotatable bonds is 4. The van der Waals surface area contributed by atoms with Crippen molar-refractivity contribution < 1.29 is 4.79 Å². The van der Waals surface area contributed by atoms with Gasteiger partial charge in [0.1, 0.15) is 5.69 Å². The Hall–Kier alpha value is -1.59. The van der Waals surface area contributed by atoms with E-state index in [0.29, 0.717) is 6.54 Å². The monoisotopic (exact) mass is 343 g/mol. The lowest BCUT2D eigenvalue weighted by Crippen LogP contribution is -2.22. The predicted molar refractivity (Wildman–Crippen MR) is 99.8 cm³/mol. The van der Waals surface area contributed by atoms with Crippen LogP contribution in [0, 0.1) is 5.41 Å². The lowest BCUT2D eigenvalue weighted by atomic mass is 9.75. The largest absolute Gasteiger partial charge is 0.293 e. The van der Waals surface area contributed by atoms with Crippen LogP contribution in [-0.2, 0) is 19.4 Å². The van der Waals surface area contributed by atoms with Crippen LogP contribution >= 0.6 is 12.8 Å². The van der Waals surface area contributed by atoms with Crippen LogP contribution in [0.1, 0.15) is 54.5 Å². The van der Waals surface area contributed by atoms with Gasteiger partial charge < -0.3 is 0 Å². The van der Waals surface area contributed by atoms with Crippen molar-refractivity contribution in [2.45, 2.75) is 46.6 Å². The molecule has 0 N–H and O–H groups in total. The molecule has 1 heterocycles. The fraction of sp³-hybridized carbons (Fsp3) is 0.474. The van der Waals surface area contributed by atoms with Gasteiger partial charge in [-0.3, -0.25) is 9.10 Å². The molecule has 1 aliphatic carbocycles. The van der Waals surface area contributed by atoms with Gasteiger partial charge in [0.25, 0.3) is 0 Å². The molecule has 2 aromatic rings. The number of hydrogen-bond acceptors (Lipinski definition) is 4. The van der Waals surface area contributed by atoms with Gasteiger partial charge in [0.2, 0.25) is 0 Å². The highest BCUT2D eigenvalue weighted by atomic mass is 32.1. The summed E-state index contributed by atoms with van der Waals surface area (Å²) in [6, 6.07) is 8.10. The number of hydrogen-bond donors (Lipinski definition) is 1. The molecule has 0 saturated heterocycles. The zero-order chi connectivity index (χ0) is 17.5. The molecule has 0 amide bonds. The van der Waals surface area contributed by atoms with E-state index < -0.39 is 0 Å². The zero-order valence-electron chi connectivity index (χ0n) is 14.8. The number of carbonyl (C=O) groups excluding carboxylic acids is 1. The van der Waals surface area contributed by atoms with E-state index in [1.807, 2.05) is 34.2 Å². The maximum Gasteiger partial charge on any atom is 0.178 e. The lowest BCUT2D eigenvalue weighted by Gasteiger charge is -2.28. The number of nitrogens with zero attached hydrogens (tertiary/aromatic N) is 3. The van der Waals surface area contributed by atoms with E-state index in [4.69, 9.17) is 5.10 Å². The highest BCUT2D eigenvalue weighted by molar-refractivity contribution is 7.77. The second-order valence-corrected chi connectivity index (χ2v) is 8.21.